The number of aliphatic imine (C=N–C) groups is 1. The number of nitrogens with one attached hydrogen (secondary N) is 1. The van der Waals surface area contributed by atoms with Crippen molar-refractivity contribution in [3.8, 4) is 11.1 Å². The Bertz CT molecular complexity index is 1590. The number of pyridine rings is 1. The van der Waals surface area contributed by atoms with E-state index in [2.05, 4.69) is 31.1 Å². The van der Waals surface area contributed by atoms with Gasteiger partial charge in [0, 0.05) is 36.3 Å². The first-order chi connectivity index (χ1) is 20.9. The number of hydrogen-bond acceptors (Lipinski definition) is 6. The van der Waals surface area contributed by atoms with Crippen LogP contribution < -0.4 is 40.0 Å². The van der Waals surface area contributed by atoms with E-state index in [9.17, 15) is 19.5 Å². The van der Waals surface area contributed by atoms with Gasteiger partial charge in [-0.25, -0.2) is 4.98 Å². The number of aliphatic carboxylic acids is 1. The quantitative estimate of drug-likeness (QED) is 0.302. The number of carbonyl (C=O) groups excluding carboxylic acids is 3. The molecule has 1 N–H and O–H groups in total. The fraction of sp³-hybridized carbons (Fsp3) is 0.400. The number of hydrogen-bond donors (Lipinski definition) is 1. The minimum atomic E-state index is -1.22. The first kappa shape index (κ1) is 34.8. The van der Waals surface area contributed by atoms with Crippen LogP contribution in [0.15, 0.2) is 71.9 Å². The molecule has 1 spiro atoms. The molecule has 230 valence electrons. The van der Waals surface area contributed by atoms with Gasteiger partial charge in [0.25, 0.3) is 11.8 Å². The average Bonchev–Trinajstić information content (AvgIpc) is 3.27. The minimum Gasteiger partial charge on any atom is -0.550 e. The molecule has 0 radical (unpaired) electrons. The van der Waals surface area contributed by atoms with Crippen LogP contribution in [-0.2, 0) is 9.59 Å². The fourth-order valence-corrected chi connectivity index (χ4v) is 6.68. The third-order valence-electron chi connectivity index (χ3n) is 9.05. The molecule has 1 aliphatic carbocycles. The number of carboxylic acid groups (broad SMARTS) is 1. The first-order valence-electron chi connectivity index (χ1n) is 15.1. The van der Waals surface area contributed by atoms with Crippen LogP contribution in [0.3, 0.4) is 0 Å². The summed E-state index contributed by atoms with van der Waals surface area (Å²) in [6, 6.07) is 18.3. The maximum atomic E-state index is 14.4. The summed E-state index contributed by atoms with van der Waals surface area (Å²) < 4.78 is 0. The van der Waals surface area contributed by atoms with Crippen molar-refractivity contribution in [2.45, 2.75) is 71.5 Å². The van der Waals surface area contributed by atoms with E-state index in [1.165, 1.54) is 0 Å². The normalized spacial score (nSPS) is 20.4. The first-order valence-corrected chi connectivity index (χ1v) is 15.5. The van der Waals surface area contributed by atoms with Crippen molar-refractivity contribution in [3.63, 3.8) is 0 Å². The van der Waals surface area contributed by atoms with Gasteiger partial charge in [-0.1, -0.05) is 62.7 Å². The van der Waals surface area contributed by atoms with Gasteiger partial charge in [-0.3, -0.25) is 14.6 Å². The molecule has 45 heavy (non-hydrogen) atoms. The van der Waals surface area contributed by atoms with Crippen LogP contribution in [0.2, 0.25) is 5.15 Å². The van der Waals surface area contributed by atoms with E-state index < -0.39 is 11.6 Å². The molecule has 3 aromatic rings. The number of halogens is 1. The number of carboxylic acids is 1. The van der Waals surface area contributed by atoms with Gasteiger partial charge in [0.2, 0.25) is 0 Å². The topological polar surface area (TPSA) is 115 Å². The standard InChI is InChI=1S/C35H39ClN4O4.Na/c1-22(23-8-10-24(11-9-23)32(43)38-19-15-30(41)42)40-33(44)31(39-35(40)16-12-28(13-17-35)34(2,3)4)27-7-5-6-25(20-27)26-14-18-37-29(36)21-26;/h5-11,14,18,20-22,28H,12-13,15-17,19H2,1-4H3,(H,38,43)(H,41,42);/q;+1/p-1/t22-,28?,35?;/m1./s1. The van der Waals surface area contributed by atoms with E-state index in [-0.39, 0.29) is 65.8 Å². The van der Waals surface area contributed by atoms with Gasteiger partial charge >= 0.3 is 29.6 Å². The van der Waals surface area contributed by atoms with Gasteiger partial charge in [0.15, 0.2) is 0 Å². The van der Waals surface area contributed by atoms with Gasteiger partial charge in [-0.15, -0.1) is 0 Å². The largest absolute Gasteiger partial charge is 1.00 e. The zero-order chi connectivity index (χ0) is 31.6. The second-order valence-electron chi connectivity index (χ2n) is 12.9. The van der Waals surface area contributed by atoms with Crippen LogP contribution in [0, 0.1) is 11.3 Å². The van der Waals surface area contributed by atoms with Gasteiger partial charge in [-0.05, 0) is 91.0 Å². The molecule has 1 atom stereocenters. The summed E-state index contributed by atoms with van der Waals surface area (Å²) in [7, 11) is 0. The smallest absolute Gasteiger partial charge is 0.550 e. The summed E-state index contributed by atoms with van der Waals surface area (Å²) in [6.45, 7) is 8.83. The van der Waals surface area contributed by atoms with E-state index >= 15 is 0 Å². The van der Waals surface area contributed by atoms with Crippen LogP contribution in [0.5, 0.6) is 0 Å². The van der Waals surface area contributed by atoms with Crippen molar-refractivity contribution >= 4 is 35.1 Å². The molecule has 5 rings (SSSR count). The summed E-state index contributed by atoms with van der Waals surface area (Å²) in [5, 5.41) is 13.7. The van der Waals surface area contributed by atoms with Crippen molar-refractivity contribution in [2.75, 3.05) is 6.54 Å². The Kier molecular flexibility index (Phi) is 11.0. The predicted octanol–water partition coefficient (Wildman–Crippen LogP) is 2.60. The molecule has 10 heteroatoms. The number of amides is 2. The second-order valence-corrected chi connectivity index (χ2v) is 13.3. The monoisotopic (exact) mass is 636 g/mol. The van der Waals surface area contributed by atoms with Gasteiger partial charge in [0.1, 0.15) is 16.5 Å². The Hall–Kier alpha value is -3.04. The Balaban J connectivity index is 0.00000461. The molecule has 2 amide bonds. The van der Waals surface area contributed by atoms with E-state index in [1.54, 1.807) is 24.4 Å². The van der Waals surface area contributed by atoms with Gasteiger partial charge in [0.05, 0.1) is 6.04 Å². The van der Waals surface area contributed by atoms with Crippen molar-refractivity contribution in [3.05, 3.63) is 88.7 Å². The second kappa shape index (κ2) is 14.2. The SMILES string of the molecule is C[C@H](c1ccc(C(=O)NCCC(=O)[O-])cc1)N1C(=O)C(c2cccc(-c3ccnc(Cl)c3)c2)=NC12CCC(C(C)(C)C)CC2.[Na+]. The van der Waals surface area contributed by atoms with Crippen molar-refractivity contribution in [1.29, 1.82) is 0 Å². The average molecular weight is 637 g/mol. The number of carbonyl (C=O) groups is 3. The molecular weight excluding hydrogens is 599 g/mol. The van der Waals surface area contributed by atoms with Crippen LogP contribution in [0.1, 0.15) is 87.3 Å². The summed E-state index contributed by atoms with van der Waals surface area (Å²) >= 11 is 6.16. The summed E-state index contributed by atoms with van der Waals surface area (Å²) in [5.41, 5.74) is 3.86. The summed E-state index contributed by atoms with van der Waals surface area (Å²) in [6.07, 6.45) is 4.89. The van der Waals surface area contributed by atoms with Gasteiger partial charge < -0.3 is 20.1 Å². The molecule has 2 heterocycles. The Morgan fingerprint density at radius 2 is 1.69 bits per heavy atom. The molecule has 2 aliphatic rings. The minimum absolute atomic E-state index is 0. The van der Waals surface area contributed by atoms with Crippen LogP contribution in [0.4, 0.5) is 0 Å². The Morgan fingerprint density at radius 3 is 2.31 bits per heavy atom. The Morgan fingerprint density at radius 1 is 1.04 bits per heavy atom. The molecule has 0 saturated heterocycles. The number of aromatic nitrogens is 1. The van der Waals surface area contributed by atoms with Crippen molar-refractivity contribution < 1.29 is 49.0 Å². The molecule has 2 aromatic carbocycles. The summed E-state index contributed by atoms with van der Waals surface area (Å²) in [4.78, 5) is 48.8. The molecule has 1 fully saturated rings. The fourth-order valence-electron chi connectivity index (χ4n) is 6.51. The molecule has 1 aliphatic heterocycles. The third kappa shape index (κ3) is 7.68. The maximum Gasteiger partial charge on any atom is 1.00 e. The third-order valence-corrected chi connectivity index (χ3v) is 9.26. The maximum absolute atomic E-state index is 14.4. The number of nitrogens with zero attached hydrogens (tertiary/aromatic N) is 3. The molecular formula is C35H38ClN4NaO4. The van der Waals surface area contributed by atoms with E-state index in [1.807, 2.05) is 54.3 Å². The van der Waals surface area contributed by atoms with Crippen molar-refractivity contribution in [2.24, 2.45) is 16.3 Å². The molecule has 1 saturated carbocycles. The molecule has 0 unspecified atom stereocenters. The van der Waals surface area contributed by atoms with E-state index in [4.69, 9.17) is 16.6 Å². The number of benzene rings is 2. The van der Waals surface area contributed by atoms with Crippen LogP contribution >= 0.6 is 11.6 Å². The molecule has 0 bridgehead atoms. The van der Waals surface area contributed by atoms with Crippen LogP contribution in [-0.4, -0.2) is 45.6 Å². The van der Waals surface area contributed by atoms with E-state index in [0.29, 0.717) is 22.3 Å². The Labute approximate surface area is 292 Å². The predicted molar refractivity (Wildman–Crippen MR) is 169 cm³/mol. The van der Waals surface area contributed by atoms with Crippen molar-refractivity contribution in [1.82, 2.24) is 15.2 Å². The number of rotatable bonds is 8. The molecule has 8 nitrogen and oxygen atoms in total. The van der Waals surface area contributed by atoms with Gasteiger partial charge in [-0.2, -0.15) is 0 Å². The van der Waals surface area contributed by atoms with E-state index in [0.717, 1.165) is 47.9 Å². The molecule has 1 aromatic heterocycles. The zero-order valence-corrected chi connectivity index (χ0v) is 29.4. The zero-order valence-electron chi connectivity index (χ0n) is 26.6. The summed E-state index contributed by atoms with van der Waals surface area (Å²) in [5.74, 6) is -1.15. The van der Waals surface area contributed by atoms with Crippen LogP contribution in [0.25, 0.3) is 11.1 Å².